The van der Waals surface area contributed by atoms with Gasteiger partial charge in [-0.2, -0.15) is 0 Å². The molecule has 6 aliphatic rings. The van der Waals surface area contributed by atoms with E-state index >= 15 is 0 Å². The number of hydrogen-bond acceptors (Lipinski definition) is 5. The molecule has 5 fully saturated rings. The minimum Gasteiger partial charge on any atom is -0.490 e. The number of benzene rings is 2. The van der Waals surface area contributed by atoms with Gasteiger partial charge in [0, 0.05) is 24.6 Å². The number of fused-ring (bicyclic) bond motifs is 3. The molecular weight excluding hydrogens is 454 g/mol. The number of hydrogen-bond donors (Lipinski definition) is 2. The molecule has 3 saturated heterocycles. The molecule has 2 aromatic rings. The van der Waals surface area contributed by atoms with Crippen LogP contribution in [0.2, 0.25) is 0 Å². The Morgan fingerprint density at radius 1 is 0.917 bits per heavy atom. The molecule has 7 heteroatoms. The van der Waals surface area contributed by atoms with E-state index in [1.165, 1.54) is 31.4 Å². The molecule has 1 unspecified atom stereocenters. The highest BCUT2D eigenvalue weighted by Gasteiger charge is 2.62. The van der Waals surface area contributed by atoms with E-state index in [1.807, 2.05) is 12.1 Å². The number of carbonyl (C=O) groups is 3. The third-order valence-electron chi connectivity index (χ3n) is 8.53. The minimum atomic E-state index is -0.846. The molecule has 1 atom stereocenters. The molecule has 2 N–H and O–H groups in total. The molecule has 4 aliphatic heterocycles. The van der Waals surface area contributed by atoms with Gasteiger partial charge < -0.3 is 15.0 Å². The van der Waals surface area contributed by atoms with Gasteiger partial charge in [0.1, 0.15) is 11.3 Å². The van der Waals surface area contributed by atoms with E-state index < -0.39 is 5.54 Å². The van der Waals surface area contributed by atoms with Crippen molar-refractivity contribution < 1.29 is 19.1 Å². The van der Waals surface area contributed by atoms with Crippen LogP contribution in [-0.2, 0) is 16.1 Å². The van der Waals surface area contributed by atoms with Gasteiger partial charge in [-0.25, -0.2) is 0 Å². The Labute approximate surface area is 211 Å². The number of ether oxygens (including phenoxy) is 1. The standard InChI is InChI=1S/C19H20N2O4.C10H13N/c22-16-12-8-19(9-12,18(24)20-16)21-10-11-7-14(5-6-15(11)17(21)23)25-13-3-1-2-4-13;1-2-4-9(5-3-1)10-6-7-11-8-10/h5-7,12-13H,1-4,8-10H2,(H,20,22,24);1-5,10-11H,6-8H2. The highest BCUT2D eigenvalue weighted by atomic mass is 16.5. The Hall–Kier alpha value is -3.19. The normalized spacial score (nSPS) is 28.8. The lowest BCUT2D eigenvalue weighted by atomic mass is 9.63. The quantitative estimate of drug-likeness (QED) is 0.645. The van der Waals surface area contributed by atoms with Crippen molar-refractivity contribution >= 4 is 17.7 Å². The highest BCUT2D eigenvalue weighted by Crippen LogP contribution is 2.49. The van der Waals surface area contributed by atoms with Crippen LogP contribution in [0.3, 0.4) is 0 Å². The van der Waals surface area contributed by atoms with E-state index in [9.17, 15) is 14.4 Å². The molecule has 2 saturated carbocycles. The third-order valence-corrected chi connectivity index (χ3v) is 8.53. The Morgan fingerprint density at radius 3 is 2.39 bits per heavy atom. The summed E-state index contributed by atoms with van der Waals surface area (Å²) in [7, 11) is 0. The van der Waals surface area contributed by atoms with Crippen molar-refractivity contribution in [3.05, 3.63) is 65.2 Å². The van der Waals surface area contributed by atoms with Gasteiger partial charge in [0.05, 0.1) is 6.10 Å². The van der Waals surface area contributed by atoms with Crippen LogP contribution in [0.4, 0.5) is 0 Å². The van der Waals surface area contributed by atoms with Crippen molar-refractivity contribution in [3.63, 3.8) is 0 Å². The van der Waals surface area contributed by atoms with Crippen molar-refractivity contribution in [2.24, 2.45) is 5.92 Å². The van der Waals surface area contributed by atoms with Gasteiger partial charge in [-0.05, 0) is 86.7 Å². The van der Waals surface area contributed by atoms with E-state index in [2.05, 4.69) is 41.0 Å². The monoisotopic (exact) mass is 487 g/mol. The van der Waals surface area contributed by atoms with Crippen LogP contribution in [0, 0.1) is 5.92 Å². The first-order valence-corrected chi connectivity index (χ1v) is 13.3. The van der Waals surface area contributed by atoms with Crippen LogP contribution in [0.25, 0.3) is 0 Å². The molecule has 2 aromatic carbocycles. The van der Waals surface area contributed by atoms with Crippen molar-refractivity contribution in [2.75, 3.05) is 13.1 Å². The number of nitrogens with zero attached hydrogens (tertiary/aromatic N) is 1. The topological polar surface area (TPSA) is 87.7 Å². The van der Waals surface area contributed by atoms with Crippen LogP contribution in [-0.4, -0.2) is 47.4 Å². The van der Waals surface area contributed by atoms with Crippen molar-refractivity contribution in [3.8, 4) is 5.75 Å². The summed E-state index contributed by atoms with van der Waals surface area (Å²) in [6, 6.07) is 16.3. The molecular formula is C29H33N3O4. The Morgan fingerprint density at radius 2 is 1.69 bits per heavy atom. The van der Waals surface area contributed by atoms with Gasteiger partial charge in [-0.1, -0.05) is 30.3 Å². The number of imide groups is 1. The van der Waals surface area contributed by atoms with Gasteiger partial charge >= 0.3 is 0 Å². The number of carbonyl (C=O) groups excluding carboxylic acids is 3. The van der Waals surface area contributed by atoms with Crippen LogP contribution < -0.4 is 15.4 Å². The molecule has 36 heavy (non-hydrogen) atoms. The maximum Gasteiger partial charge on any atom is 0.255 e. The lowest BCUT2D eigenvalue weighted by Gasteiger charge is -2.53. The van der Waals surface area contributed by atoms with E-state index in [4.69, 9.17) is 4.74 Å². The summed E-state index contributed by atoms with van der Waals surface area (Å²) in [5.41, 5.74) is 2.18. The SMILES string of the molecule is O=C1NC(=O)C2(N3Cc4cc(OC5CCCC5)ccc4C3=O)CC1C2.c1ccc(C2CCNC2)cc1. The first kappa shape index (κ1) is 23.2. The smallest absolute Gasteiger partial charge is 0.255 e. The second-order valence-electron chi connectivity index (χ2n) is 10.8. The number of nitrogens with one attached hydrogen (secondary N) is 2. The minimum absolute atomic E-state index is 0.120. The fourth-order valence-electron chi connectivity index (χ4n) is 6.38. The Balaban J connectivity index is 0.000000183. The predicted octanol–water partition coefficient (Wildman–Crippen LogP) is 3.53. The van der Waals surface area contributed by atoms with Crippen molar-refractivity contribution in [1.29, 1.82) is 0 Å². The zero-order chi connectivity index (χ0) is 24.7. The summed E-state index contributed by atoms with van der Waals surface area (Å²) in [6.45, 7) is 2.74. The zero-order valence-electron chi connectivity index (χ0n) is 20.5. The summed E-state index contributed by atoms with van der Waals surface area (Å²) >= 11 is 0. The molecule has 0 spiro atoms. The first-order valence-electron chi connectivity index (χ1n) is 13.3. The highest BCUT2D eigenvalue weighted by molar-refractivity contribution is 6.10. The molecule has 3 amide bonds. The second kappa shape index (κ2) is 9.36. The number of piperidine rings is 2. The van der Waals surface area contributed by atoms with Gasteiger partial charge in [0.25, 0.3) is 11.8 Å². The van der Waals surface area contributed by atoms with E-state index in [-0.39, 0.29) is 29.7 Å². The Kier molecular flexibility index (Phi) is 6.04. The molecule has 4 heterocycles. The molecule has 2 bridgehead atoms. The van der Waals surface area contributed by atoms with Gasteiger partial charge in [0.2, 0.25) is 5.91 Å². The van der Waals surface area contributed by atoms with E-state index in [0.717, 1.165) is 36.6 Å². The van der Waals surface area contributed by atoms with Crippen LogP contribution in [0.5, 0.6) is 5.75 Å². The fraction of sp³-hybridized carbons (Fsp3) is 0.483. The first-order chi connectivity index (χ1) is 17.5. The molecule has 7 nitrogen and oxygen atoms in total. The maximum atomic E-state index is 12.8. The van der Waals surface area contributed by atoms with Crippen molar-refractivity contribution in [1.82, 2.24) is 15.5 Å². The molecule has 2 aliphatic carbocycles. The van der Waals surface area contributed by atoms with Crippen molar-refractivity contribution in [2.45, 2.75) is 69.1 Å². The summed E-state index contributed by atoms with van der Waals surface area (Å²) in [4.78, 5) is 38.5. The average Bonchev–Trinajstić information content (AvgIpc) is 3.62. The zero-order valence-corrected chi connectivity index (χ0v) is 20.5. The molecule has 0 radical (unpaired) electrons. The molecule has 188 valence electrons. The van der Waals surface area contributed by atoms with Crippen LogP contribution >= 0.6 is 0 Å². The molecule has 8 rings (SSSR count). The summed E-state index contributed by atoms with van der Waals surface area (Å²) in [6.07, 6.45) is 7.04. The van der Waals surface area contributed by atoms with Gasteiger partial charge in [-0.15, -0.1) is 0 Å². The maximum absolute atomic E-state index is 12.8. The number of rotatable bonds is 4. The Bertz CT molecular complexity index is 1160. The number of amides is 3. The van der Waals surface area contributed by atoms with Gasteiger partial charge in [-0.3, -0.25) is 19.7 Å². The third kappa shape index (κ3) is 4.09. The van der Waals surface area contributed by atoms with E-state index in [1.54, 1.807) is 11.0 Å². The summed E-state index contributed by atoms with van der Waals surface area (Å²) in [5.74, 6) is 0.761. The predicted molar refractivity (Wildman–Crippen MR) is 134 cm³/mol. The average molecular weight is 488 g/mol. The van der Waals surface area contributed by atoms with Crippen LogP contribution in [0.1, 0.15) is 72.3 Å². The van der Waals surface area contributed by atoms with Gasteiger partial charge in [0.15, 0.2) is 0 Å². The van der Waals surface area contributed by atoms with Crippen LogP contribution in [0.15, 0.2) is 48.5 Å². The fourth-order valence-corrected chi connectivity index (χ4v) is 6.38. The largest absolute Gasteiger partial charge is 0.490 e. The lowest BCUT2D eigenvalue weighted by molar-refractivity contribution is -0.160. The lowest BCUT2D eigenvalue weighted by Crippen LogP contribution is -2.73. The summed E-state index contributed by atoms with van der Waals surface area (Å²) < 4.78 is 6.03. The second-order valence-corrected chi connectivity index (χ2v) is 10.8. The summed E-state index contributed by atoms with van der Waals surface area (Å²) in [5, 5.41) is 5.78. The molecule has 0 aromatic heterocycles. The van der Waals surface area contributed by atoms with E-state index in [0.29, 0.717) is 24.9 Å².